The molecule has 1 heterocycles. The second-order valence-electron chi connectivity index (χ2n) is 4.91. The summed E-state index contributed by atoms with van der Waals surface area (Å²) in [5.41, 5.74) is 5.58. The van der Waals surface area contributed by atoms with Gasteiger partial charge in [-0.15, -0.1) is 0 Å². The monoisotopic (exact) mass is 228 g/mol. The Hall–Kier alpha value is -0.160. The number of hydrogen-bond acceptors (Lipinski definition) is 4. The predicted molar refractivity (Wildman–Crippen MR) is 63.4 cm³/mol. The zero-order valence-corrected chi connectivity index (χ0v) is 10.2. The third-order valence-corrected chi connectivity index (χ3v) is 3.71. The van der Waals surface area contributed by atoms with Crippen molar-refractivity contribution in [3.63, 3.8) is 0 Å². The summed E-state index contributed by atoms with van der Waals surface area (Å²) in [5.74, 6) is 0.699. The Bertz CT molecular complexity index is 207. The number of morpholine rings is 1. The van der Waals surface area contributed by atoms with E-state index >= 15 is 0 Å². The van der Waals surface area contributed by atoms with Crippen LogP contribution in [0.5, 0.6) is 0 Å². The van der Waals surface area contributed by atoms with Gasteiger partial charge in [0, 0.05) is 13.1 Å². The second kappa shape index (κ2) is 5.96. The van der Waals surface area contributed by atoms with Gasteiger partial charge in [-0.2, -0.15) is 0 Å². The van der Waals surface area contributed by atoms with Crippen molar-refractivity contribution in [2.75, 3.05) is 39.4 Å². The van der Waals surface area contributed by atoms with Crippen LogP contribution >= 0.6 is 0 Å². The lowest BCUT2D eigenvalue weighted by Crippen LogP contribution is -2.45. The Morgan fingerprint density at radius 3 is 2.94 bits per heavy atom. The zero-order valence-electron chi connectivity index (χ0n) is 10.2. The van der Waals surface area contributed by atoms with Crippen LogP contribution in [-0.4, -0.2) is 56.5 Å². The van der Waals surface area contributed by atoms with E-state index in [2.05, 4.69) is 11.8 Å². The minimum absolute atomic E-state index is 0.269. The first-order valence-corrected chi connectivity index (χ1v) is 6.47. The van der Waals surface area contributed by atoms with Crippen LogP contribution in [0.15, 0.2) is 0 Å². The molecule has 0 amide bonds. The van der Waals surface area contributed by atoms with E-state index in [-0.39, 0.29) is 6.10 Å². The van der Waals surface area contributed by atoms with Crippen LogP contribution in [0.25, 0.3) is 0 Å². The summed E-state index contributed by atoms with van der Waals surface area (Å²) in [5, 5.41) is 0. The lowest BCUT2D eigenvalue weighted by molar-refractivity contribution is -0.106. The van der Waals surface area contributed by atoms with Crippen LogP contribution in [0.3, 0.4) is 0 Å². The molecule has 2 aliphatic rings. The molecule has 2 rings (SSSR count). The minimum Gasteiger partial charge on any atom is -0.375 e. The van der Waals surface area contributed by atoms with Crippen LogP contribution in [0.1, 0.15) is 19.8 Å². The van der Waals surface area contributed by atoms with Crippen LogP contribution < -0.4 is 5.73 Å². The summed E-state index contributed by atoms with van der Waals surface area (Å²) < 4.78 is 11.5. The fraction of sp³-hybridized carbons (Fsp3) is 1.00. The zero-order chi connectivity index (χ0) is 11.4. The van der Waals surface area contributed by atoms with Crippen LogP contribution in [0.2, 0.25) is 0 Å². The smallest absolute Gasteiger partial charge is 0.0935 e. The van der Waals surface area contributed by atoms with Gasteiger partial charge in [-0.3, -0.25) is 4.90 Å². The van der Waals surface area contributed by atoms with Crippen molar-refractivity contribution in [3.8, 4) is 0 Å². The van der Waals surface area contributed by atoms with Crippen molar-refractivity contribution >= 4 is 0 Å². The van der Waals surface area contributed by atoms with Crippen molar-refractivity contribution in [1.29, 1.82) is 0 Å². The van der Waals surface area contributed by atoms with E-state index < -0.39 is 0 Å². The Labute approximate surface area is 98.1 Å². The lowest BCUT2D eigenvalue weighted by atomic mass is 9.82. The fourth-order valence-electron chi connectivity index (χ4n) is 2.41. The van der Waals surface area contributed by atoms with Gasteiger partial charge < -0.3 is 15.2 Å². The topological polar surface area (TPSA) is 47.7 Å². The number of ether oxygens (including phenoxy) is 2. The molecule has 1 atom stereocenters. The Morgan fingerprint density at radius 1 is 1.44 bits per heavy atom. The number of nitrogens with zero attached hydrogens (tertiary/aromatic N) is 1. The molecule has 0 aromatic carbocycles. The van der Waals surface area contributed by atoms with Gasteiger partial charge in [0.2, 0.25) is 0 Å². The summed E-state index contributed by atoms with van der Waals surface area (Å²) in [6.45, 7) is 7.79. The molecule has 1 aliphatic heterocycles. The van der Waals surface area contributed by atoms with E-state index in [1.807, 2.05) is 0 Å². The maximum absolute atomic E-state index is 5.84. The van der Waals surface area contributed by atoms with Crippen LogP contribution in [0.4, 0.5) is 0 Å². The Kier molecular flexibility index (Phi) is 4.58. The minimum atomic E-state index is 0.269. The van der Waals surface area contributed by atoms with E-state index in [4.69, 9.17) is 15.2 Å². The van der Waals surface area contributed by atoms with Gasteiger partial charge in [0.1, 0.15) is 0 Å². The number of hydrogen-bond donors (Lipinski definition) is 1. The van der Waals surface area contributed by atoms with Gasteiger partial charge in [-0.25, -0.2) is 0 Å². The maximum Gasteiger partial charge on any atom is 0.0935 e. The van der Waals surface area contributed by atoms with Crippen LogP contribution in [-0.2, 0) is 9.47 Å². The highest BCUT2D eigenvalue weighted by Gasteiger charge is 2.30. The van der Waals surface area contributed by atoms with Gasteiger partial charge in [-0.1, -0.05) is 6.92 Å². The van der Waals surface area contributed by atoms with E-state index in [1.54, 1.807) is 0 Å². The second-order valence-corrected chi connectivity index (χ2v) is 4.91. The van der Waals surface area contributed by atoms with Gasteiger partial charge in [0.05, 0.1) is 25.4 Å². The molecule has 4 heteroatoms. The molecule has 94 valence electrons. The molecule has 1 unspecified atom stereocenters. The first kappa shape index (κ1) is 12.3. The third-order valence-electron chi connectivity index (χ3n) is 3.71. The molecule has 0 aromatic heterocycles. The normalized spacial score (nSPS) is 36.0. The molecule has 0 aromatic rings. The van der Waals surface area contributed by atoms with Crippen LogP contribution in [0, 0.1) is 5.92 Å². The summed E-state index contributed by atoms with van der Waals surface area (Å²) in [7, 11) is 0. The molecule has 0 bridgehead atoms. The summed E-state index contributed by atoms with van der Waals surface area (Å²) >= 11 is 0. The average Bonchev–Trinajstić information content (AvgIpc) is 2.28. The van der Waals surface area contributed by atoms with Gasteiger partial charge in [-0.05, 0) is 31.8 Å². The largest absolute Gasteiger partial charge is 0.375 e. The average molecular weight is 228 g/mol. The van der Waals surface area contributed by atoms with Crippen molar-refractivity contribution in [1.82, 2.24) is 4.90 Å². The van der Waals surface area contributed by atoms with E-state index in [0.717, 1.165) is 52.2 Å². The maximum atomic E-state index is 5.84. The van der Waals surface area contributed by atoms with Gasteiger partial charge in [0.25, 0.3) is 0 Å². The molecule has 0 spiro atoms. The molecular weight excluding hydrogens is 204 g/mol. The first-order chi connectivity index (χ1) is 7.81. The Balaban J connectivity index is 1.59. The Morgan fingerprint density at radius 2 is 2.25 bits per heavy atom. The lowest BCUT2D eigenvalue weighted by Gasteiger charge is -2.37. The third kappa shape index (κ3) is 3.17. The van der Waals surface area contributed by atoms with Crippen molar-refractivity contribution in [2.24, 2.45) is 11.7 Å². The molecule has 2 N–H and O–H groups in total. The van der Waals surface area contributed by atoms with E-state index in [0.29, 0.717) is 12.0 Å². The SMILES string of the molecule is CCN1CCOC(COC2CC(CN)C2)C1. The standard InChI is InChI=1S/C12H24N2O2/c1-2-14-3-4-15-12(8-14)9-16-11-5-10(6-11)7-13/h10-12H,2-9,13H2,1H3. The van der Waals surface area contributed by atoms with Crippen molar-refractivity contribution < 1.29 is 9.47 Å². The molecule has 16 heavy (non-hydrogen) atoms. The molecule has 1 saturated carbocycles. The number of rotatable bonds is 5. The first-order valence-electron chi connectivity index (χ1n) is 6.47. The molecule has 1 saturated heterocycles. The van der Waals surface area contributed by atoms with E-state index in [9.17, 15) is 0 Å². The van der Waals surface area contributed by atoms with E-state index in [1.165, 1.54) is 0 Å². The molecule has 0 radical (unpaired) electrons. The highest BCUT2D eigenvalue weighted by molar-refractivity contribution is 4.81. The highest BCUT2D eigenvalue weighted by atomic mass is 16.5. The summed E-state index contributed by atoms with van der Waals surface area (Å²) in [4.78, 5) is 2.42. The van der Waals surface area contributed by atoms with Crippen molar-refractivity contribution in [2.45, 2.75) is 32.0 Å². The summed E-state index contributed by atoms with van der Waals surface area (Å²) in [6.07, 6.45) is 2.99. The molecule has 4 nitrogen and oxygen atoms in total. The molecule has 2 fully saturated rings. The summed E-state index contributed by atoms with van der Waals surface area (Å²) in [6, 6.07) is 0. The number of nitrogens with two attached hydrogens (primary N) is 1. The number of likely N-dealkylation sites (N-methyl/N-ethyl adjacent to an activating group) is 1. The highest BCUT2D eigenvalue weighted by Crippen LogP contribution is 2.29. The van der Waals surface area contributed by atoms with Gasteiger partial charge >= 0.3 is 0 Å². The predicted octanol–water partition coefficient (Wildman–Crippen LogP) is 0.461. The quantitative estimate of drug-likeness (QED) is 0.743. The van der Waals surface area contributed by atoms with Gasteiger partial charge in [0.15, 0.2) is 0 Å². The molecule has 1 aliphatic carbocycles. The molecular formula is C12H24N2O2. The van der Waals surface area contributed by atoms with Crippen molar-refractivity contribution in [3.05, 3.63) is 0 Å². The fourth-order valence-corrected chi connectivity index (χ4v) is 2.41.